The SMILES string of the molecule is CCC(CC)n1cnc2c(NCc3cc(C)ccc3O)nc(NCCC(C)(C)O)nc21. The second-order valence-electron chi connectivity index (χ2n) is 8.67. The zero-order valence-corrected chi connectivity index (χ0v) is 19.1. The molecule has 2 heterocycles. The van der Waals surface area contributed by atoms with E-state index in [1.165, 1.54) is 0 Å². The molecule has 0 unspecified atom stereocenters. The number of benzene rings is 1. The minimum Gasteiger partial charge on any atom is -0.508 e. The Bertz CT molecular complexity index is 1020. The molecule has 0 radical (unpaired) electrons. The first kappa shape index (κ1) is 22.8. The predicted octanol–water partition coefficient (Wildman–Crippen LogP) is 4.39. The molecule has 0 aliphatic heterocycles. The van der Waals surface area contributed by atoms with Gasteiger partial charge in [0.15, 0.2) is 17.0 Å². The number of fused-ring (bicyclic) bond motifs is 1. The number of aromatic hydroxyl groups is 1. The number of hydrogen-bond acceptors (Lipinski definition) is 7. The average Bonchev–Trinajstić information content (AvgIpc) is 3.12. The monoisotopic (exact) mass is 426 g/mol. The number of phenols is 1. The molecule has 8 nitrogen and oxygen atoms in total. The molecule has 0 bridgehead atoms. The smallest absolute Gasteiger partial charge is 0.226 e. The van der Waals surface area contributed by atoms with Crippen LogP contribution in [0.25, 0.3) is 11.2 Å². The van der Waals surface area contributed by atoms with Crippen LogP contribution < -0.4 is 10.6 Å². The summed E-state index contributed by atoms with van der Waals surface area (Å²) < 4.78 is 2.10. The summed E-state index contributed by atoms with van der Waals surface area (Å²) in [6, 6.07) is 5.83. The Hall–Kier alpha value is -2.87. The summed E-state index contributed by atoms with van der Waals surface area (Å²) in [6.07, 6.45) is 4.35. The van der Waals surface area contributed by atoms with Gasteiger partial charge < -0.3 is 25.4 Å². The van der Waals surface area contributed by atoms with E-state index in [0.717, 1.165) is 29.6 Å². The van der Waals surface area contributed by atoms with E-state index in [2.05, 4.69) is 39.0 Å². The second kappa shape index (κ2) is 9.51. The maximum atomic E-state index is 10.2. The highest BCUT2D eigenvalue weighted by Gasteiger charge is 2.18. The van der Waals surface area contributed by atoms with E-state index in [4.69, 9.17) is 4.98 Å². The number of nitrogens with zero attached hydrogens (tertiary/aromatic N) is 4. The van der Waals surface area contributed by atoms with Crippen molar-refractivity contribution in [1.29, 1.82) is 0 Å². The molecule has 0 saturated carbocycles. The van der Waals surface area contributed by atoms with Gasteiger partial charge in [-0.15, -0.1) is 0 Å². The number of rotatable bonds is 10. The van der Waals surface area contributed by atoms with Gasteiger partial charge in [0, 0.05) is 24.7 Å². The molecule has 8 heteroatoms. The van der Waals surface area contributed by atoms with E-state index in [1.807, 2.05) is 25.4 Å². The van der Waals surface area contributed by atoms with E-state index in [1.54, 1.807) is 19.9 Å². The molecule has 0 atom stereocenters. The quantitative estimate of drug-likeness (QED) is 0.381. The molecule has 168 valence electrons. The van der Waals surface area contributed by atoms with Gasteiger partial charge in [-0.2, -0.15) is 9.97 Å². The minimum absolute atomic E-state index is 0.245. The lowest BCUT2D eigenvalue weighted by molar-refractivity contribution is 0.0748. The molecular formula is C23H34N6O2. The number of anilines is 2. The van der Waals surface area contributed by atoms with Crippen molar-refractivity contribution in [3.63, 3.8) is 0 Å². The summed E-state index contributed by atoms with van der Waals surface area (Å²) in [4.78, 5) is 14.0. The van der Waals surface area contributed by atoms with E-state index in [-0.39, 0.29) is 5.75 Å². The lowest BCUT2D eigenvalue weighted by Gasteiger charge is -2.18. The van der Waals surface area contributed by atoms with Crippen molar-refractivity contribution in [3.05, 3.63) is 35.7 Å². The number of imidazole rings is 1. The van der Waals surface area contributed by atoms with Crippen LogP contribution in [0.2, 0.25) is 0 Å². The van der Waals surface area contributed by atoms with Crippen molar-refractivity contribution in [3.8, 4) is 5.75 Å². The standard InChI is InChI=1S/C23H34N6O2/c1-6-17(7-2)29-14-26-19-20(25-13-16-12-15(3)8-9-18(16)30)27-22(28-21(19)29)24-11-10-23(4,5)31/h8-9,12,14,17,30-31H,6-7,10-11,13H2,1-5H3,(H2,24,25,27,28). The van der Waals surface area contributed by atoms with Gasteiger partial charge in [0.2, 0.25) is 5.95 Å². The molecule has 0 aliphatic rings. The number of phenolic OH excluding ortho intramolecular Hbond substituents is 1. The third-order valence-corrected chi connectivity index (χ3v) is 5.46. The molecule has 0 amide bonds. The van der Waals surface area contributed by atoms with E-state index in [0.29, 0.717) is 42.8 Å². The summed E-state index contributed by atoms with van der Waals surface area (Å²) in [5.41, 5.74) is 2.58. The van der Waals surface area contributed by atoms with Crippen LogP contribution in [-0.2, 0) is 6.54 Å². The molecule has 1 aromatic carbocycles. The Morgan fingerprint density at radius 1 is 1.13 bits per heavy atom. The lowest BCUT2D eigenvalue weighted by Crippen LogP contribution is -2.23. The van der Waals surface area contributed by atoms with Crippen LogP contribution >= 0.6 is 0 Å². The Morgan fingerprint density at radius 2 is 1.87 bits per heavy atom. The number of hydrogen-bond donors (Lipinski definition) is 4. The maximum Gasteiger partial charge on any atom is 0.226 e. The van der Waals surface area contributed by atoms with Gasteiger partial charge in [-0.05, 0) is 46.1 Å². The fourth-order valence-electron chi connectivity index (χ4n) is 3.58. The van der Waals surface area contributed by atoms with Crippen LogP contribution in [0.5, 0.6) is 5.75 Å². The number of aromatic nitrogens is 4. The van der Waals surface area contributed by atoms with Crippen LogP contribution in [0.15, 0.2) is 24.5 Å². The van der Waals surface area contributed by atoms with Gasteiger partial charge in [-0.25, -0.2) is 4.98 Å². The Labute approximate surface area is 183 Å². The van der Waals surface area contributed by atoms with Crippen molar-refractivity contribution in [2.24, 2.45) is 0 Å². The van der Waals surface area contributed by atoms with Gasteiger partial charge >= 0.3 is 0 Å². The van der Waals surface area contributed by atoms with Gasteiger partial charge in [0.1, 0.15) is 5.75 Å². The summed E-state index contributed by atoms with van der Waals surface area (Å²) in [5.74, 6) is 1.34. The number of nitrogens with one attached hydrogen (secondary N) is 2. The van der Waals surface area contributed by atoms with Crippen LogP contribution in [-0.4, -0.2) is 41.9 Å². The van der Waals surface area contributed by atoms with E-state index < -0.39 is 5.60 Å². The van der Waals surface area contributed by atoms with Crippen molar-refractivity contribution >= 4 is 22.9 Å². The molecule has 0 aliphatic carbocycles. The summed E-state index contributed by atoms with van der Waals surface area (Å²) in [5, 5.41) is 26.7. The Kier molecular flexibility index (Phi) is 7.00. The van der Waals surface area contributed by atoms with Crippen molar-refractivity contribution in [2.75, 3.05) is 17.2 Å². The molecule has 2 aromatic heterocycles. The second-order valence-corrected chi connectivity index (χ2v) is 8.67. The van der Waals surface area contributed by atoms with Gasteiger partial charge in [0.05, 0.1) is 11.9 Å². The van der Waals surface area contributed by atoms with Crippen LogP contribution in [0.1, 0.15) is 64.1 Å². The molecule has 3 aromatic rings. The predicted molar refractivity (Wildman–Crippen MR) is 125 cm³/mol. The third-order valence-electron chi connectivity index (χ3n) is 5.46. The highest BCUT2D eigenvalue weighted by Crippen LogP contribution is 2.27. The highest BCUT2D eigenvalue weighted by atomic mass is 16.3. The molecule has 0 fully saturated rings. The third kappa shape index (κ3) is 5.64. The lowest BCUT2D eigenvalue weighted by atomic mass is 10.1. The minimum atomic E-state index is -0.766. The van der Waals surface area contributed by atoms with Crippen molar-refractivity contribution in [2.45, 2.75) is 72.1 Å². The van der Waals surface area contributed by atoms with Gasteiger partial charge in [0.25, 0.3) is 0 Å². The van der Waals surface area contributed by atoms with Crippen LogP contribution in [0, 0.1) is 6.92 Å². The zero-order valence-electron chi connectivity index (χ0n) is 19.1. The summed E-state index contributed by atoms with van der Waals surface area (Å²) in [7, 11) is 0. The first-order chi connectivity index (χ1) is 14.7. The molecular weight excluding hydrogens is 392 g/mol. The average molecular weight is 427 g/mol. The van der Waals surface area contributed by atoms with E-state index >= 15 is 0 Å². The van der Waals surface area contributed by atoms with Crippen LogP contribution in [0.4, 0.5) is 11.8 Å². The summed E-state index contributed by atoms with van der Waals surface area (Å²) >= 11 is 0. The molecule has 3 rings (SSSR count). The van der Waals surface area contributed by atoms with Crippen LogP contribution in [0.3, 0.4) is 0 Å². The van der Waals surface area contributed by atoms with E-state index in [9.17, 15) is 10.2 Å². The van der Waals surface area contributed by atoms with Gasteiger partial charge in [-0.1, -0.05) is 31.5 Å². The number of aliphatic hydroxyl groups is 1. The van der Waals surface area contributed by atoms with Crippen molar-refractivity contribution < 1.29 is 10.2 Å². The molecule has 4 N–H and O–H groups in total. The van der Waals surface area contributed by atoms with Gasteiger partial charge in [-0.3, -0.25) is 0 Å². The largest absolute Gasteiger partial charge is 0.508 e. The first-order valence-corrected chi connectivity index (χ1v) is 10.9. The highest BCUT2D eigenvalue weighted by molar-refractivity contribution is 5.84. The Morgan fingerprint density at radius 3 is 2.55 bits per heavy atom. The molecule has 0 spiro atoms. The fraction of sp³-hybridized carbons (Fsp3) is 0.522. The topological polar surface area (TPSA) is 108 Å². The molecule has 31 heavy (non-hydrogen) atoms. The number of aryl methyl sites for hydroxylation is 1. The molecule has 0 saturated heterocycles. The Balaban J connectivity index is 1.94. The fourth-order valence-corrected chi connectivity index (χ4v) is 3.58. The first-order valence-electron chi connectivity index (χ1n) is 10.9. The zero-order chi connectivity index (χ0) is 22.6. The summed E-state index contributed by atoms with van der Waals surface area (Å²) in [6.45, 7) is 10.8. The normalized spacial score (nSPS) is 12.0. The van der Waals surface area contributed by atoms with Crippen molar-refractivity contribution in [1.82, 2.24) is 19.5 Å². The maximum absolute atomic E-state index is 10.2.